The van der Waals surface area contributed by atoms with Gasteiger partial charge in [-0.15, -0.1) is 0 Å². The Labute approximate surface area is 219 Å². The van der Waals surface area contributed by atoms with Crippen molar-refractivity contribution < 1.29 is 14.0 Å². The van der Waals surface area contributed by atoms with Crippen LogP contribution in [0.1, 0.15) is 39.3 Å². The molecule has 2 aromatic heterocycles. The molecule has 0 aliphatic carbocycles. The van der Waals surface area contributed by atoms with E-state index in [1.807, 2.05) is 36.4 Å². The van der Waals surface area contributed by atoms with E-state index >= 15 is 0 Å². The van der Waals surface area contributed by atoms with Crippen molar-refractivity contribution in [2.75, 3.05) is 18.0 Å². The maximum Gasteiger partial charge on any atom is 0.261 e. The first kappa shape index (κ1) is 23.7. The molecule has 0 saturated carbocycles. The number of rotatable bonds is 8. The number of pyridine rings is 2. The molecule has 0 N–H and O–H groups in total. The molecular weight excluding hydrogens is 479 g/mol. The average molecular weight is 505 g/mol. The molecular formula is C31H25FN4O2. The predicted molar refractivity (Wildman–Crippen MR) is 146 cm³/mol. The van der Waals surface area contributed by atoms with Crippen LogP contribution >= 0.6 is 0 Å². The SMILES string of the molecule is O=C1c2ccccc2C(=O)N1CCCCN(Cc1nccc2cc(F)ccc12)c1cccc2cccnc12. The Bertz CT molecular complexity index is 1650. The lowest BCUT2D eigenvalue weighted by Crippen LogP contribution is -2.31. The first-order valence-electron chi connectivity index (χ1n) is 12.7. The number of anilines is 1. The average Bonchev–Trinajstić information content (AvgIpc) is 3.19. The number of unbranched alkanes of at least 4 members (excludes halogenated alkanes) is 1. The van der Waals surface area contributed by atoms with E-state index in [0.29, 0.717) is 37.2 Å². The predicted octanol–water partition coefficient (Wildman–Crippen LogP) is 6.01. The van der Waals surface area contributed by atoms with Crippen molar-refractivity contribution in [1.82, 2.24) is 14.9 Å². The monoisotopic (exact) mass is 504 g/mol. The molecule has 6 rings (SSSR count). The standard InChI is InChI=1S/C31H25FN4O2/c32-23-12-13-24-22(19-23)14-16-33-27(24)20-35(28-11-5-7-21-8-6-15-34-29(21)28)17-3-4-18-36-30(37)25-9-1-2-10-26(25)31(36)38/h1-2,5-16,19H,3-4,17-18,20H2. The molecule has 188 valence electrons. The Balaban J connectivity index is 1.24. The van der Waals surface area contributed by atoms with E-state index < -0.39 is 0 Å². The van der Waals surface area contributed by atoms with Gasteiger partial charge in [-0.05, 0) is 66.8 Å². The zero-order valence-electron chi connectivity index (χ0n) is 20.7. The van der Waals surface area contributed by atoms with Gasteiger partial charge in [0, 0.05) is 36.3 Å². The Morgan fingerprint density at radius 3 is 2.37 bits per heavy atom. The molecule has 3 aromatic carbocycles. The summed E-state index contributed by atoms with van der Waals surface area (Å²) in [5, 5.41) is 2.74. The second-order valence-electron chi connectivity index (χ2n) is 9.41. The first-order valence-corrected chi connectivity index (χ1v) is 12.7. The van der Waals surface area contributed by atoms with Crippen molar-refractivity contribution in [3.05, 3.63) is 114 Å². The van der Waals surface area contributed by atoms with E-state index in [-0.39, 0.29) is 17.6 Å². The van der Waals surface area contributed by atoms with E-state index in [9.17, 15) is 14.0 Å². The van der Waals surface area contributed by atoms with Gasteiger partial charge in [0.1, 0.15) is 5.82 Å². The minimum Gasteiger partial charge on any atom is -0.364 e. The van der Waals surface area contributed by atoms with E-state index in [4.69, 9.17) is 0 Å². The largest absolute Gasteiger partial charge is 0.364 e. The molecule has 0 radical (unpaired) electrons. The lowest BCUT2D eigenvalue weighted by atomic mass is 10.1. The maximum atomic E-state index is 13.9. The molecule has 7 heteroatoms. The van der Waals surface area contributed by atoms with Gasteiger partial charge in [0.25, 0.3) is 11.8 Å². The summed E-state index contributed by atoms with van der Waals surface area (Å²) in [4.78, 5) is 38.3. The number of hydrogen-bond acceptors (Lipinski definition) is 5. The molecule has 3 heterocycles. The molecule has 1 aliphatic rings. The fraction of sp³-hybridized carbons (Fsp3) is 0.161. The minimum atomic E-state index is -0.280. The number of aromatic nitrogens is 2. The van der Waals surface area contributed by atoms with Crippen molar-refractivity contribution in [2.24, 2.45) is 0 Å². The molecule has 38 heavy (non-hydrogen) atoms. The minimum absolute atomic E-state index is 0.229. The molecule has 5 aromatic rings. The summed E-state index contributed by atoms with van der Waals surface area (Å²) in [5.41, 5.74) is 3.65. The zero-order chi connectivity index (χ0) is 26.1. The van der Waals surface area contributed by atoms with E-state index in [1.165, 1.54) is 17.0 Å². The van der Waals surface area contributed by atoms with Gasteiger partial charge in [0.2, 0.25) is 0 Å². The topological polar surface area (TPSA) is 66.4 Å². The van der Waals surface area contributed by atoms with Crippen LogP contribution in [0.4, 0.5) is 10.1 Å². The highest BCUT2D eigenvalue weighted by molar-refractivity contribution is 6.21. The summed E-state index contributed by atoms with van der Waals surface area (Å²) < 4.78 is 13.9. The van der Waals surface area contributed by atoms with E-state index in [0.717, 1.165) is 39.5 Å². The summed E-state index contributed by atoms with van der Waals surface area (Å²) in [5.74, 6) is -0.737. The van der Waals surface area contributed by atoms with Crippen molar-refractivity contribution in [1.29, 1.82) is 0 Å². The zero-order valence-corrected chi connectivity index (χ0v) is 20.7. The van der Waals surface area contributed by atoms with Crippen LogP contribution in [0.2, 0.25) is 0 Å². The maximum absolute atomic E-state index is 13.9. The Morgan fingerprint density at radius 1 is 0.763 bits per heavy atom. The number of para-hydroxylation sites is 1. The summed E-state index contributed by atoms with van der Waals surface area (Å²) >= 11 is 0. The van der Waals surface area contributed by atoms with Crippen LogP contribution < -0.4 is 4.90 Å². The third kappa shape index (κ3) is 4.36. The van der Waals surface area contributed by atoms with Gasteiger partial charge in [-0.2, -0.15) is 0 Å². The van der Waals surface area contributed by atoms with E-state index in [1.54, 1.807) is 42.7 Å². The molecule has 0 spiro atoms. The number of hydrogen-bond donors (Lipinski definition) is 0. The fourth-order valence-corrected chi connectivity index (χ4v) is 5.16. The van der Waals surface area contributed by atoms with Crippen LogP contribution in [0.5, 0.6) is 0 Å². The third-order valence-corrected chi connectivity index (χ3v) is 7.04. The summed E-state index contributed by atoms with van der Waals surface area (Å²) in [6.45, 7) is 1.53. The van der Waals surface area contributed by atoms with Gasteiger partial charge in [0.05, 0.1) is 34.6 Å². The summed E-state index contributed by atoms with van der Waals surface area (Å²) in [7, 11) is 0. The van der Waals surface area contributed by atoms with Gasteiger partial charge in [-0.25, -0.2) is 4.39 Å². The molecule has 0 fully saturated rings. The Morgan fingerprint density at radius 2 is 1.55 bits per heavy atom. The van der Waals surface area contributed by atoms with E-state index in [2.05, 4.69) is 14.9 Å². The quantitative estimate of drug-likeness (QED) is 0.191. The number of imide groups is 1. The molecule has 0 bridgehead atoms. The molecule has 1 aliphatic heterocycles. The second-order valence-corrected chi connectivity index (χ2v) is 9.41. The lowest BCUT2D eigenvalue weighted by molar-refractivity contribution is 0.0652. The summed E-state index contributed by atoms with van der Waals surface area (Å²) in [6.07, 6.45) is 4.90. The molecule has 0 unspecified atom stereocenters. The Kier molecular flexibility index (Phi) is 6.25. The van der Waals surface area contributed by atoms with Crippen LogP contribution in [0.15, 0.2) is 91.3 Å². The Hall–Kier alpha value is -4.65. The molecule has 0 saturated heterocycles. The number of benzene rings is 3. The number of fused-ring (bicyclic) bond motifs is 3. The highest BCUT2D eigenvalue weighted by Crippen LogP contribution is 2.29. The number of amides is 2. The second kappa shape index (κ2) is 10.0. The van der Waals surface area contributed by atoms with Crippen molar-refractivity contribution in [3.63, 3.8) is 0 Å². The number of carbonyl (C=O) groups is 2. The summed E-state index contributed by atoms with van der Waals surface area (Å²) in [6, 6.07) is 23.6. The number of carbonyl (C=O) groups excluding carboxylic acids is 2. The van der Waals surface area contributed by atoms with Crippen molar-refractivity contribution in [2.45, 2.75) is 19.4 Å². The first-order chi connectivity index (χ1) is 18.6. The normalized spacial score (nSPS) is 12.9. The third-order valence-electron chi connectivity index (χ3n) is 7.04. The van der Waals surface area contributed by atoms with Crippen molar-refractivity contribution in [3.8, 4) is 0 Å². The molecule has 0 atom stereocenters. The number of nitrogens with zero attached hydrogens (tertiary/aromatic N) is 4. The van der Waals surface area contributed by atoms with Crippen LogP contribution in [0.3, 0.4) is 0 Å². The fourth-order valence-electron chi connectivity index (χ4n) is 5.16. The van der Waals surface area contributed by atoms with Crippen LogP contribution in [0.25, 0.3) is 21.7 Å². The van der Waals surface area contributed by atoms with Crippen molar-refractivity contribution >= 4 is 39.2 Å². The number of halogens is 1. The van der Waals surface area contributed by atoms with Gasteiger partial charge in [-0.3, -0.25) is 24.5 Å². The molecule has 6 nitrogen and oxygen atoms in total. The van der Waals surface area contributed by atoms with Crippen LogP contribution in [0, 0.1) is 5.82 Å². The van der Waals surface area contributed by atoms with Crippen LogP contribution in [-0.4, -0.2) is 39.8 Å². The van der Waals surface area contributed by atoms with Gasteiger partial charge >= 0.3 is 0 Å². The highest BCUT2D eigenvalue weighted by Gasteiger charge is 2.34. The van der Waals surface area contributed by atoms with Gasteiger partial charge in [0.15, 0.2) is 0 Å². The lowest BCUT2D eigenvalue weighted by Gasteiger charge is -2.26. The van der Waals surface area contributed by atoms with Gasteiger partial charge < -0.3 is 4.90 Å². The van der Waals surface area contributed by atoms with Crippen LogP contribution in [-0.2, 0) is 6.54 Å². The smallest absolute Gasteiger partial charge is 0.261 e. The highest BCUT2D eigenvalue weighted by atomic mass is 19.1. The van der Waals surface area contributed by atoms with Gasteiger partial charge in [-0.1, -0.05) is 30.3 Å². The molecule has 2 amide bonds.